The van der Waals surface area contributed by atoms with E-state index in [0.717, 1.165) is 88.4 Å². The van der Waals surface area contributed by atoms with Crippen LogP contribution in [0.1, 0.15) is 0 Å². The Morgan fingerprint density at radius 1 is 0.242 bits per heavy atom. The van der Waals surface area contributed by atoms with Crippen LogP contribution in [0, 0.1) is 0 Å². The van der Waals surface area contributed by atoms with Gasteiger partial charge in [0.25, 0.3) is 0 Å². The summed E-state index contributed by atoms with van der Waals surface area (Å²) in [7, 11) is 0. The van der Waals surface area contributed by atoms with Crippen LogP contribution in [0.2, 0.25) is 0 Å². The predicted octanol–water partition coefficient (Wildman–Crippen LogP) is 13.5. The Balaban J connectivity index is 1.12. The number of hydrogen-bond donors (Lipinski definition) is 0. The number of hydrogen-bond acceptors (Lipinski definition) is 8. The van der Waals surface area contributed by atoms with Gasteiger partial charge in [-0.3, -0.25) is 0 Å². The van der Waals surface area contributed by atoms with Gasteiger partial charge in [0.15, 0.2) is 23.3 Å². The number of furan rings is 2. The summed E-state index contributed by atoms with van der Waals surface area (Å²) < 4.78 is 13.2. The lowest BCUT2D eigenvalue weighted by Gasteiger charge is -2.13. The molecular weight excluding hydrogens is 765 g/mol. The molecule has 4 heterocycles. The lowest BCUT2D eigenvalue weighted by Crippen LogP contribution is -2.05. The Labute approximate surface area is 354 Å². The molecular formula is C54H32N6O2. The molecule has 0 spiro atoms. The minimum absolute atomic E-state index is 0.316. The Bertz CT molecular complexity index is 3450. The molecule has 4 aromatic heterocycles. The zero-order valence-electron chi connectivity index (χ0n) is 33.0. The fourth-order valence-electron chi connectivity index (χ4n) is 8.25. The summed E-state index contributed by atoms with van der Waals surface area (Å²) in [6, 6.07) is 65.0. The molecule has 0 aliphatic rings. The van der Waals surface area contributed by atoms with Crippen molar-refractivity contribution in [1.82, 2.24) is 29.9 Å². The highest BCUT2D eigenvalue weighted by Gasteiger charge is 2.21. The fraction of sp³-hybridized carbons (Fsp3) is 0. The van der Waals surface area contributed by atoms with Crippen LogP contribution in [0.15, 0.2) is 203 Å². The summed E-state index contributed by atoms with van der Waals surface area (Å²) in [6.07, 6.45) is 0. The van der Waals surface area contributed by atoms with Gasteiger partial charge in [-0.25, -0.2) is 29.9 Å². The first-order chi connectivity index (χ1) is 30.7. The van der Waals surface area contributed by atoms with E-state index in [0.29, 0.717) is 34.9 Å². The van der Waals surface area contributed by atoms with E-state index >= 15 is 0 Å². The maximum atomic E-state index is 6.61. The molecule has 12 rings (SSSR count). The van der Waals surface area contributed by atoms with Gasteiger partial charge in [0.1, 0.15) is 22.3 Å². The molecule has 0 fully saturated rings. The molecule has 8 heteroatoms. The zero-order chi connectivity index (χ0) is 41.0. The third kappa shape index (κ3) is 6.17. The summed E-state index contributed by atoms with van der Waals surface area (Å²) in [5.41, 5.74) is 10.3. The van der Waals surface area contributed by atoms with Crippen molar-refractivity contribution in [2.75, 3.05) is 0 Å². The molecule has 12 aromatic rings. The molecule has 0 amide bonds. The second kappa shape index (κ2) is 14.6. The second-order valence-corrected chi connectivity index (χ2v) is 15.1. The Morgan fingerprint density at radius 3 is 0.984 bits per heavy atom. The Morgan fingerprint density at radius 2 is 0.565 bits per heavy atom. The topological polar surface area (TPSA) is 104 Å². The van der Waals surface area contributed by atoms with Crippen LogP contribution in [-0.2, 0) is 0 Å². The van der Waals surface area contributed by atoms with Crippen molar-refractivity contribution in [3.05, 3.63) is 194 Å². The number of fused-ring (bicyclic) bond motifs is 6. The SMILES string of the molecule is c1ccc(-c2nc(-c3ccccc3)nc(-c3nc(-c4ccccc4)nc(-c4cc(-c5cccc6c5oc5ccccc56)cc(-c5cccc6c5oc5ccccc56)c4)n3)n2)cc1. The lowest BCUT2D eigenvalue weighted by molar-refractivity contribution is 0.670. The third-order valence-corrected chi connectivity index (χ3v) is 11.2. The lowest BCUT2D eigenvalue weighted by atomic mass is 9.94. The highest BCUT2D eigenvalue weighted by atomic mass is 16.3. The van der Waals surface area contributed by atoms with Crippen molar-refractivity contribution in [1.29, 1.82) is 0 Å². The summed E-state index contributed by atoms with van der Waals surface area (Å²) >= 11 is 0. The Hall–Kier alpha value is -8.62. The molecule has 0 saturated carbocycles. The van der Waals surface area contributed by atoms with E-state index in [4.69, 9.17) is 38.7 Å². The van der Waals surface area contributed by atoms with E-state index < -0.39 is 0 Å². The van der Waals surface area contributed by atoms with Gasteiger partial charge in [0.05, 0.1) is 0 Å². The van der Waals surface area contributed by atoms with Crippen molar-refractivity contribution in [3.63, 3.8) is 0 Å². The average Bonchev–Trinajstić information content (AvgIpc) is 3.93. The first kappa shape index (κ1) is 35.3. The fourth-order valence-corrected chi connectivity index (χ4v) is 8.25. The molecule has 0 N–H and O–H groups in total. The number of rotatable bonds is 7. The first-order valence-electron chi connectivity index (χ1n) is 20.4. The highest BCUT2D eigenvalue weighted by Crippen LogP contribution is 2.42. The van der Waals surface area contributed by atoms with Crippen molar-refractivity contribution in [2.24, 2.45) is 0 Å². The van der Waals surface area contributed by atoms with Crippen LogP contribution in [0.3, 0.4) is 0 Å². The van der Waals surface area contributed by atoms with E-state index in [2.05, 4.69) is 66.7 Å². The quantitative estimate of drug-likeness (QED) is 0.157. The molecule has 0 aliphatic carbocycles. The van der Waals surface area contributed by atoms with Crippen LogP contribution in [-0.4, -0.2) is 29.9 Å². The smallest absolute Gasteiger partial charge is 0.202 e. The van der Waals surface area contributed by atoms with E-state index in [1.54, 1.807) is 0 Å². The number of aromatic nitrogens is 6. The van der Waals surface area contributed by atoms with Gasteiger partial charge in [-0.15, -0.1) is 0 Å². The number of benzene rings is 8. The number of nitrogens with zero attached hydrogens (tertiary/aromatic N) is 6. The molecule has 62 heavy (non-hydrogen) atoms. The van der Waals surface area contributed by atoms with Crippen LogP contribution in [0.4, 0.5) is 0 Å². The van der Waals surface area contributed by atoms with Gasteiger partial charge in [0.2, 0.25) is 11.6 Å². The van der Waals surface area contributed by atoms with Crippen LogP contribution < -0.4 is 0 Å². The molecule has 0 bridgehead atoms. The summed E-state index contributed by atoms with van der Waals surface area (Å²) in [6.45, 7) is 0. The predicted molar refractivity (Wildman–Crippen MR) is 246 cm³/mol. The largest absolute Gasteiger partial charge is 0.455 e. The molecule has 290 valence electrons. The average molecular weight is 797 g/mol. The normalized spacial score (nSPS) is 11.5. The molecule has 8 aromatic carbocycles. The third-order valence-electron chi connectivity index (χ3n) is 11.2. The second-order valence-electron chi connectivity index (χ2n) is 15.1. The minimum Gasteiger partial charge on any atom is -0.455 e. The van der Waals surface area contributed by atoms with Crippen LogP contribution in [0.5, 0.6) is 0 Å². The van der Waals surface area contributed by atoms with Crippen molar-refractivity contribution < 1.29 is 8.83 Å². The van der Waals surface area contributed by atoms with E-state index in [-0.39, 0.29) is 0 Å². The number of para-hydroxylation sites is 4. The van der Waals surface area contributed by atoms with E-state index in [1.807, 2.05) is 127 Å². The highest BCUT2D eigenvalue weighted by molar-refractivity contribution is 6.11. The van der Waals surface area contributed by atoms with Gasteiger partial charge in [-0.2, -0.15) is 0 Å². The van der Waals surface area contributed by atoms with Crippen molar-refractivity contribution >= 4 is 43.9 Å². The van der Waals surface area contributed by atoms with Gasteiger partial charge < -0.3 is 8.83 Å². The van der Waals surface area contributed by atoms with E-state index in [1.165, 1.54) is 0 Å². The first-order valence-corrected chi connectivity index (χ1v) is 20.4. The summed E-state index contributed by atoms with van der Waals surface area (Å²) in [4.78, 5) is 30.4. The van der Waals surface area contributed by atoms with Gasteiger partial charge >= 0.3 is 0 Å². The monoisotopic (exact) mass is 796 g/mol. The van der Waals surface area contributed by atoms with Crippen LogP contribution >= 0.6 is 0 Å². The van der Waals surface area contributed by atoms with Crippen LogP contribution in [0.25, 0.3) is 123 Å². The van der Waals surface area contributed by atoms with Gasteiger partial charge in [0, 0.05) is 54.9 Å². The summed E-state index contributed by atoms with van der Waals surface area (Å²) in [5, 5.41) is 4.20. The van der Waals surface area contributed by atoms with Gasteiger partial charge in [-0.05, 0) is 41.5 Å². The Kier molecular flexibility index (Phi) is 8.31. The zero-order valence-corrected chi connectivity index (χ0v) is 33.0. The van der Waals surface area contributed by atoms with Crippen molar-refractivity contribution in [2.45, 2.75) is 0 Å². The molecule has 0 radical (unpaired) electrons. The molecule has 0 atom stereocenters. The molecule has 8 nitrogen and oxygen atoms in total. The summed E-state index contributed by atoms with van der Waals surface area (Å²) in [5.74, 6) is 2.61. The molecule has 0 saturated heterocycles. The van der Waals surface area contributed by atoms with E-state index in [9.17, 15) is 0 Å². The van der Waals surface area contributed by atoms with Crippen molar-refractivity contribution in [3.8, 4) is 79.5 Å². The minimum atomic E-state index is 0.316. The standard InChI is InChI=1S/C54H32N6O2/c1-4-16-33(17-5-1)49-55-50(34-18-6-2-7-19-34)58-53(57-49)54-59-51(35-20-8-3-9-21-35)56-52(60-54)38-31-36(39-24-14-26-43-41-22-10-12-28-45(41)61-47(39)43)30-37(32-38)40-25-15-27-44-42-23-11-13-29-46(42)62-48(40)44/h1-32H. The maximum Gasteiger partial charge on any atom is 0.202 e. The molecule has 0 aliphatic heterocycles. The van der Waals surface area contributed by atoms with Gasteiger partial charge in [-0.1, -0.05) is 164 Å². The molecule has 0 unspecified atom stereocenters. The maximum absolute atomic E-state index is 6.61.